The fourth-order valence-corrected chi connectivity index (χ4v) is 3.22. The van der Waals surface area contributed by atoms with E-state index >= 15 is 0 Å². The van der Waals surface area contributed by atoms with E-state index in [0.717, 1.165) is 48.2 Å². The minimum absolute atomic E-state index is 0. The van der Waals surface area contributed by atoms with E-state index in [1.54, 1.807) is 4.68 Å². The molecule has 8 heteroatoms. The Morgan fingerprint density at radius 3 is 2.92 bits per heavy atom. The minimum atomic E-state index is 0. The van der Waals surface area contributed by atoms with E-state index < -0.39 is 0 Å². The summed E-state index contributed by atoms with van der Waals surface area (Å²) in [6, 6.07) is 7.94. The van der Waals surface area contributed by atoms with Crippen molar-refractivity contribution >= 4 is 41.5 Å². The van der Waals surface area contributed by atoms with Crippen LogP contribution in [-0.2, 0) is 18.2 Å². The van der Waals surface area contributed by atoms with Crippen molar-refractivity contribution in [3.05, 3.63) is 52.8 Å². The Labute approximate surface area is 176 Å². The van der Waals surface area contributed by atoms with Crippen LogP contribution >= 0.6 is 35.6 Å². The van der Waals surface area contributed by atoms with Crippen molar-refractivity contribution in [1.29, 1.82) is 0 Å². The van der Waals surface area contributed by atoms with Crippen LogP contribution in [-0.4, -0.2) is 53.9 Å². The number of halogens is 2. The molecule has 1 N–H and O–H groups in total. The van der Waals surface area contributed by atoms with Gasteiger partial charge in [-0.25, -0.2) is 0 Å². The number of ether oxygens (including phenoxy) is 1. The number of aromatic nitrogens is 2. The zero-order valence-electron chi connectivity index (χ0n) is 15.1. The lowest BCUT2D eigenvalue weighted by molar-refractivity contribution is -0.00800. The molecule has 0 aliphatic carbocycles. The Morgan fingerprint density at radius 1 is 1.42 bits per heavy atom. The molecular formula is C18H25ClIN5O. The number of guanidine groups is 1. The molecule has 0 saturated carbocycles. The first kappa shape index (κ1) is 21.0. The predicted octanol–water partition coefficient (Wildman–Crippen LogP) is 2.88. The number of rotatable bonds is 4. The molecule has 26 heavy (non-hydrogen) atoms. The lowest BCUT2D eigenvalue weighted by atomic mass is 10.1. The Kier molecular flexibility index (Phi) is 8.17. The van der Waals surface area contributed by atoms with Gasteiger partial charge >= 0.3 is 0 Å². The van der Waals surface area contributed by atoms with Crippen molar-refractivity contribution in [2.45, 2.75) is 12.5 Å². The highest BCUT2D eigenvalue weighted by Crippen LogP contribution is 2.21. The number of morpholine rings is 1. The van der Waals surface area contributed by atoms with Crippen LogP contribution in [0.2, 0.25) is 5.02 Å². The van der Waals surface area contributed by atoms with E-state index in [-0.39, 0.29) is 30.1 Å². The average Bonchev–Trinajstić information content (AvgIpc) is 3.07. The molecular weight excluding hydrogens is 465 g/mol. The fourth-order valence-electron chi connectivity index (χ4n) is 2.99. The Hall–Kier alpha value is -1.32. The highest BCUT2D eigenvalue weighted by atomic mass is 127. The van der Waals surface area contributed by atoms with Crippen molar-refractivity contribution in [2.24, 2.45) is 12.0 Å². The molecule has 1 unspecified atom stereocenters. The van der Waals surface area contributed by atoms with Gasteiger partial charge in [0, 0.05) is 44.0 Å². The van der Waals surface area contributed by atoms with Gasteiger partial charge in [-0.1, -0.05) is 29.8 Å². The van der Waals surface area contributed by atoms with Gasteiger partial charge in [0.25, 0.3) is 0 Å². The van der Waals surface area contributed by atoms with Gasteiger partial charge in [-0.2, -0.15) is 5.10 Å². The summed E-state index contributed by atoms with van der Waals surface area (Å²) in [5, 5.41) is 8.47. The number of hydrogen-bond donors (Lipinski definition) is 1. The Balaban J connectivity index is 0.00000243. The lowest BCUT2D eigenvalue weighted by Gasteiger charge is -2.34. The summed E-state index contributed by atoms with van der Waals surface area (Å²) in [5.74, 6) is 0.893. The third-order valence-corrected chi connectivity index (χ3v) is 4.68. The van der Waals surface area contributed by atoms with E-state index in [2.05, 4.69) is 26.4 Å². The predicted molar refractivity (Wildman–Crippen MR) is 115 cm³/mol. The van der Waals surface area contributed by atoms with Crippen molar-refractivity contribution in [2.75, 3.05) is 33.3 Å². The summed E-state index contributed by atoms with van der Waals surface area (Å²) in [7, 11) is 3.73. The molecule has 0 amide bonds. The van der Waals surface area contributed by atoms with Gasteiger partial charge in [0.1, 0.15) is 6.10 Å². The molecule has 1 fully saturated rings. The molecule has 2 heterocycles. The zero-order chi connectivity index (χ0) is 17.6. The number of nitrogens with one attached hydrogen (secondary N) is 1. The average molecular weight is 490 g/mol. The molecule has 1 aliphatic heterocycles. The van der Waals surface area contributed by atoms with Crippen LogP contribution < -0.4 is 5.32 Å². The Morgan fingerprint density at radius 2 is 2.23 bits per heavy atom. The molecule has 6 nitrogen and oxygen atoms in total. The Bertz CT molecular complexity index is 736. The van der Waals surface area contributed by atoms with Gasteiger partial charge < -0.3 is 15.0 Å². The number of aryl methyl sites for hydroxylation is 1. The first-order valence-electron chi connectivity index (χ1n) is 8.46. The van der Waals surface area contributed by atoms with Crippen LogP contribution in [0, 0.1) is 0 Å². The smallest absolute Gasteiger partial charge is 0.193 e. The molecule has 1 aromatic carbocycles. The molecule has 1 saturated heterocycles. The number of nitrogens with zero attached hydrogens (tertiary/aromatic N) is 4. The minimum Gasteiger partial charge on any atom is -0.370 e. The monoisotopic (exact) mass is 489 g/mol. The second kappa shape index (κ2) is 10.1. The molecule has 2 aromatic rings. The quantitative estimate of drug-likeness (QED) is 0.408. The number of aliphatic imine (C=N–C) groups is 1. The first-order chi connectivity index (χ1) is 12.2. The van der Waals surface area contributed by atoms with E-state index in [0.29, 0.717) is 6.61 Å². The lowest BCUT2D eigenvalue weighted by Crippen LogP contribution is -2.48. The molecule has 0 spiro atoms. The second-order valence-corrected chi connectivity index (χ2v) is 6.48. The molecule has 1 aliphatic rings. The first-order valence-corrected chi connectivity index (χ1v) is 8.84. The van der Waals surface area contributed by atoms with Gasteiger partial charge in [-0.3, -0.25) is 9.67 Å². The van der Waals surface area contributed by atoms with Crippen LogP contribution in [0.5, 0.6) is 0 Å². The van der Waals surface area contributed by atoms with Crippen LogP contribution in [0.15, 0.2) is 41.7 Å². The summed E-state index contributed by atoms with van der Waals surface area (Å²) in [6.45, 7) is 3.04. The third-order valence-electron chi connectivity index (χ3n) is 4.31. The molecule has 0 radical (unpaired) electrons. The van der Waals surface area contributed by atoms with Crippen LogP contribution in [0.25, 0.3) is 0 Å². The van der Waals surface area contributed by atoms with E-state index in [4.69, 9.17) is 16.3 Å². The summed E-state index contributed by atoms with van der Waals surface area (Å²) < 4.78 is 7.70. The summed E-state index contributed by atoms with van der Waals surface area (Å²) in [4.78, 5) is 6.65. The molecule has 1 aromatic heterocycles. The van der Waals surface area contributed by atoms with Crippen molar-refractivity contribution in [3.8, 4) is 0 Å². The zero-order valence-corrected chi connectivity index (χ0v) is 18.1. The maximum Gasteiger partial charge on any atom is 0.193 e. The summed E-state index contributed by atoms with van der Waals surface area (Å²) >= 11 is 6.22. The molecule has 142 valence electrons. The topological polar surface area (TPSA) is 54.7 Å². The van der Waals surface area contributed by atoms with E-state index in [1.165, 1.54) is 0 Å². The molecule has 0 bridgehead atoms. The maximum absolute atomic E-state index is 6.22. The van der Waals surface area contributed by atoms with Crippen LogP contribution in [0.1, 0.15) is 17.2 Å². The van der Waals surface area contributed by atoms with E-state index in [1.807, 2.05) is 44.7 Å². The van der Waals surface area contributed by atoms with Crippen molar-refractivity contribution in [1.82, 2.24) is 20.0 Å². The second-order valence-electron chi connectivity index (χ2n) is 6.07. The van der Waals surface area contributed by atoms with Gasteiger partial charge in [-0.05, 0) is 18.1 Å². The molecule has 3 rings (SSSR count). The number of hydrogen-bond acceptors (Lipinski definition) is 3. The SMILES string of the molecule is CN=C(NCCc1ccccc1Cl)N1CCOC(c2cnn(C)c2)C1.I. The third kappa shape index (κ3) is 5.34. The van der Waals surface area contributed by atoms with E-state index in [9.17, 15) is 0 Å². The van der Waals surface area contributed by atoms with Gasteiger partial charge in [0.05, 0.1) is 19.3 Å². The summed E-state index contributed by atoms with van der Waals surface area (Å²) in [5.41, 5.74) is 2.24. The maximum atomic E-state index is 6.22. The fraction of sp³-hybridized carbons (Fsp3) is 0.444. The molecule has 1 atom stereocenters. The summed E-state index contributed by atoms with van der Waals surface area (Å²) in [6.07, 6.45) is 4.74. The van der Waals surface area contributed by atoms with Gasteiger partial charge in [0.15, 0.2) is 5.96 Å². The van der Waals surface area contributed by atoms with Crippen LogP contribution in [0.3, 0.4) is 0 Å². The number of benzene rings is 1. The van der Waals surface area contributed by atoms with Gasteiger partial charge in [-0.15, -0.1) is 24.0 Å². The highest BCUT2D eigenvalue weighted by Gasteiger charge is 2.25. The largest absolute Gasteiger partial charge is 0.370 e. The normalized spacial score (nSPS) is 17.7. The van der Waals surface area contributed by atoms with Crippen LogP contribution in [0.4, 0.5) is 0 Å². The van der Waals surface area contributed by atoms with Crippen molar-refractivity contribution in [3.63, 3.8) is 0 Å². The standard InChI is InChI=1S/C18H24ClN5O.HI/c1-20-18(21-8-7-14-5-3-4-6-16(14)19)24-9-10-25-17(13-24)15-11-22-23(2)12-15;/h3-6,11-12,17H,7-10,13H2,1-2H3,(H,20,21);1H. The van der Waals surface area contributed by atoms with Crippen molar-refractivity contribution < 1.29 is 4.74 Å². The van der Waals surface area contributed by atoms with Gasteiger partial charge in [0.2, 0.25) is 0 Å². The highest BCUT2D eigenvalue weighted by molar-refractivity contribution is 14.0.